The van der Waals surface area contributed by atoms with Gasteiger partial charge in [0.05, 0.1) is 18.1 Å². The zero-order valence-electron chi connectivity index (χ0n) is 10.6. The van der Waals surface area contributed by atoms with Crippen LogP contribution < -0.4 is 4.74 Å². The number of benzene rings is 1. The van der Waals surface area contributed by atoms with E-state index in [1.54, 1.807) is 7.11 Å². The van der Waals surface area contributed by atoms with Crippen LogP contribution in [0, 0.1) is 11.8 Å². The molecule has 18 heavy (non-hydrogen) atoms. The van der Waals surface area contributed by atoms with Gasteiger partial charge in [-0.15, -0.1) is 0 Å². The molecule has 4 rings (SSSR count). The van der Waals surface area contributed by atoms with E-state index >= 15 is 0 Å². The number of nitrogens with one attached hydrogen (secondary N) is 1. The number of ether oxygens (including phenoxy) is 1. The highest BCUT2D eigenvalue weighted by molar-refractivity contribution is 5.76. The number of hydrogen-bond donors (Lipinski definition) is 1. The predicted molar refractivity (Wildman–Crippen MR) is 70.8 cm³/mol. The molecule has 0 amide bonds. The Morgan fingerprint density at radius 1 is 1.28 bits per heavy atom. The summed E-state index contributed by atoms with van der Waals surface area (Å²) < 4.78 is 5.26. The number of rotatable bonds is 2. The number of H-pyrrole nitrogens is 1. The summed E-state index contributed by atoms with van der Waals surface area (Å²) >= 11 is 0. The van der Waals surface area contributed by atoms with E-state index in [1.807, 2.05) is 18.2 Å². The molecule has 1 aromatic carbocycles. The summed E-state index contributed by atoms with van der Waals surface area (Å²) in [5.41, 5.74) is 2.17. The average Bonchev–Trinajstić information content (AvgIpc) is 3.11. The molecular weight excluding hydrogens is 224 g/mol. The minimum Gasteiger partial charge on any atom is -0.497 e. The van der Waals surface area contributed by atoms with Crippen molar-refractivity contribution in [2.24, 2.45) is 11.8 Å². The van der Waals surface area contributed by atoms with E-state index < -0.39 is 0 Å². The molecule has 3 atom stereocenters. The van der Waals surface area contributed by atoms with Crippen LogP contribution in [0.5, 0.6) is 5.75 Å². The van der Waals surface area contributed by atoms with Gasteiger partial charge in [0, 0.05) is 12.0 Å². The second-order valence-corrected chi connectivity index (χ2v) is 5.79. The molecule has 1 heterocycles. The predicted octanol–water partition coefficient (Wildman–Crippen LogP) is 3.48. The molecular formula is C15H18N2O. The molecule has 3 heteroatoms. The van der Waals surface area contributed by atoms with Crippen molar-refractivity contribution in [2.45, 2.75) is 31.6 Å². The largest absolute Gasteiger partial charge is 0.497 e. The first kappa shape index (κ1) is 10.4. The second-order valence-electron chi connectivity index (χ2n) is 5.79. The van der Waals surface area contributed by atoms with Crippen LogP contribution in [0.1, 0.15) is 37.4 Å². The fourth-order valence-electron chi connectivity index (χ4n) is 3.89. The van der Waals surface area contributed by atoms with Crippen molar-refractivity contribution < 1.29 is 4.74 Å². The number of methoxy groups -OCH3 is 1. The smallest absolute Gasteiger partial charge is 0.121 e. The third kappa shape index (κ3) is 1.46. The Labute approximate surface area is 107 Å². The Bertz CT molecular complexity index is 589. The van der Waals surface area contributed by atoms with Crippen molar-refractivity contribution >= 4 is 11.0 Å². The lowest BCUT2D eigenvalue weighted by Gasteiger charge is -2.18. The highest BCUT2D eigenvalue weighted by Crippen LogP contribution is 2.52. The zero-order valence-corrected chi connectivity index (χ0v) is 10.6. The number of imidazole rings is 1. The minimum atomic E-state index is 0.669. The third-order valence-electron chi connectivity index (χ3n) is 4.80. The van der Waals surface area contributed by atoms with Crippen molar-refractivity contribution in [1.82, 2.24) is 9.97 Å². The lowest BCUT2D eigenvalue weighted by molar-refractivity contribution is 0.408. The highest BCUT2D eigenvalue weighted by atomic mass is 16.5. The van der Waals surface area contributed by atoms with Crippen molar-refractivity contribution in [1.29, 1.82) is 0 Å². The van der Waals surface area contributed by atoms with Gasteiger partial charge in [-0.2, -0.15) is 0 Å². The molecule has 2 aliphatic carbocycles. The van der Waals surface area contributed by atoms with Gasteiger partial charge in [0.15, 0.2) is 0 Å². The quantitative estimate of drug-likeness (QED) is 0.875. The van der Waals surface area contributed by atoms with Gasteiger partial charge in [0.25, 0.3) is 0 Å². The maximum atomic E-state index is 5.26. The van der Waals surface area contributed by atoms with Crippen molar-refractivity contribution in [3.8, 4) is 5.75 Å². The maximum Gasteiger partial charge on any atom is 0.121 e. The standard InChI is InChI=1S/C15H18N2O/c1-18-11-4-5-13-14(8-11)17-15(16-13)12-7-9-2-3-10(12)6-9/h4-5,8-10,12H,2-3,6-7H2,1H3,(H,16,17). The molecule has 1 N–H and O–H groups in total. The normalized spacial score (nSPS) is 30.2. The SMILES string of the molecule is COc1ccc2nc(C3CC4CCC3C4)[nH]c2c1. The first-order valence-electron chi connectivity index (χ1n) is 6.87. The molecule has 0 saturated heterocycles. The Balaban J connectivity index is 1.73. The maximum absolute atomic E-state index is 5.26. The molecule has 0 spiro atoms. The Morgan fingerprint density at radius 3 is 2.94 bits per heavy atom. The van der Waals surface area contributed by atoms with Crippen LogP contribution in [0.15, 0.2) is 18.2 Å². The van der Waals surface area contributed by atoms with Gasteiger partial charge in [-0.3, -0.25) is 0 Å². The van der Waals surface area contributed by atoms with Gasteiger partial charge < -0.3 is 9.72 Å². The Morgan fingerprint density at radius 2 is 2.22 bits per heavy atom. The molecule has 3 unspecified atom stereocenters. The van der Waals surface area contributed by atoms with Crippen LogP contribution in [0.2, 0.25) is 0 Å². The topological polar surface area (TPSA) is 37.9 Å². The fraction of sp³-hybridized carbons (Fsp3) is 0.533. The summed E-state index contributed by atoms with van der Waals surface area (Å²) in [6.45, 7) is 0. The van der Waals surface area contributed by atoms with E-state index in [0.717, 1.165) is 28.6 Å². The van der Waals surface area contributed by atoms with Gasteiger partial charge in [0.2, 0.25) is 0 Å². The van der Waals surface area contributed by atoms with Gasteiger partial charge in [-0.1, -0.05) is 6.42 Å². The van der Waals surface area contributed by atoms with Crippen LogP contribution in [0.25, 0.3) is 11.0 Å². The van der Waals surface area contributed by atoms with Gasteiger partial charge >= 0.3 is 0 Å². The van der Waals surface area contributed by atoms with E-state index in [-0.39, 0.29) is 0 Å². The fourth-order valence-corrected chi connectivity index (χ4v) is 3.89. The van der Waals surface area contributed by atoms with Crippen LogP contribution in [0.4, 0.5) is 0 Å². The first-order valence-corrected chi connectivity index (χ1v) is 6.87. The zero-order chi connectivity index (χ0) is 12.1. The summed E-state index contributed by atoms with van der Waals surface area (Å²) in [7, 11) is 1.70. The lowest BCUT2D eigenvalue weighted by Crippen LogP contribution is -2.09. The molecule has 1 aromatic heterocycles. The monoisotopic (exact) mass is 242 g/mol. The van der Waals surface area contributed by atoms with Crippen LogP contribution in [-0.4, -0.2) is 17.1 Å². The van der Waals surface area contributed by atoms with E-state index in [2.05, 4.69) is 4.98 Å². The number of nitrogens with zero attached hydrogens (tertiary/aromatic N) is 1. The lowest BCUT2D eigenvalue weighted by atomic mass is 9.88. The molecule has 2 fully saturated rings. The van der Waals surface area contributed by atoms with Crippen molar-refractivity contribution in [3.63, 3.8) is 0 Å². The highest BCUT2D eigenvalue weighted by Gasteiger charge is 2.41. The molecule has 2 saturated carbocycles. The molecule has 94 valence electrons. The minimum absolute atomic E-state index is 0.669. The number of fused-ring (bicyclic) bond motifs is 3. The third-order valence-corrected chi connectivity index (χ3v) is 4.80. The summed E-state index contributed by atoms with van der Waals surface area (Å²) in [5.74, 6) is 4.60. The van der Waals surface area contributed by atoms with E-state index in [9.17, 15) is 0 Å². The van der Waals surface area contributed by atoms with Crippen LogP contribution in [0.3, 0.4) is 0 Å². The van der Waals surface area contributed by atoms with Crippen molar-refractivity contribution in [3.05, 3.63) is 24.0 Å². The summed E-state index contributed by atoms with van der Waals surface area (Å²) in [6.07, 6.45) is 5.59. The molecule has 0 aliphatic heterocycles. The summed E-state index contributed by atoms with van der Waals surface area (Å²) in [6, 6.07) is 6.06. The first-order chi connectivity index (χ1) is 8.83. The van der Waals surface area contributed by atoms with Gasteiger partial charge in [-0.25, -0.2) is 4.98 Å². The average molecular weight is 242 g/mol. The van der Waals surface area contributed by atoms with E-state index in [1.165, 1.54) is 31.5 Å². The van der Waals surface area contributed by atoms with Gasteiger partial charge in [0.1, 0.15) is 11.6 Å². The molecule has 0 radical (unpaired) electrons. The molecule has 2 bridgehead atoms. The van der Waals surface area contributed by atoms with Crippen LogP contribution >= 0.6 is 0 Å². The van der Waals surface area contributed by atoms with E-state index in [4.69, 9.17) is 9.72 Å². The molecule has 3 nitrogen and oxygen atoms in total. The molecule has 2 aromatic rings. The number of hydrogen-bond acceptors (Lipinski definition) is 2. The molecule has 2 aliphatic rings. The summed E-state index contributed by atoms with van der Waals surface area (Å²) in [5, 5.41) is 0. The number of aromatic amines is 1. The van der Waals surface area contributed by atoms with Crippen molar-refractivity contribution in [2.75, 3.05) is 7.11 Å². The Hall–Kier alpha value is -1.51. The van der Waals surface area contributed by atoms with Gasteiger partial charge in [-0.05, 0) is 43.2 Å². The Kier molecular flexibility index (Phi) is 2.16. The summed E-state index contributed by atoms with van der Waals surface area (Å²) in [4.78, 5) is 8.28. The second kappa shape index (κ2) is 3.74. The van der Waals surface area contributed by atoms with Crippen LogP contribution in [-0.2, 0) is 0 Å². The van der Waals surface area contributed by atoms with E-state index in [0.29, 0.717) is 5.92 Å². The number of aromatic nitrogens is 2.